The second-order valence-electron chi connectivity index (χ2n) is 4.68. The van der Waals surface area contributed by atoms with Gasteiger partial charge in [0.2, 0.25) is 0 Å². The lowest BCUT2D eigenvalue weighted by atomic mass is 10.2. The van der Waals surface area contributed by atoms with Crippen molar-refractivity contribution in [3.63, 3.8) is 0 Å². The summed E-state index contributed by atoms with van der Waals surface area (Å²) in [6.45, 7) is 1.92. The molecule has 0 atom stereocenters. The van der Waals surface area contributed by atoms with Gasteiger partial charge in [-0.25, -0.2) is 0 Å². The third-order valence-corrected chi connectivity index (χ3v) is 3.33. The number of hydrogen-bond donors (Lipinski definition) is 1. The van der Waals surface area contributed by atoms with Crippen LogP contribution in [0.25, 0.3) is 0 Å². The SMILES string of the molecule is Cn1ccc(NCc2cc(Cl)c3c(c2)OCCCO3)n1. The van der Waals surface area contributed by atoms with Crippen molar-refractivity contribution in [2.45, 2.75) is 13.0 Å². The van der Waals surface area contributed by atoms with Gasteiger partial charge in [0.25, 0.3) is 0 Å². The van der Waals surface area contributed by atoms with Gasteiger partial charge in [0.15, 0.2) is 11.5 Å². The Morgan fingerprint density at radius 1 is 1.35 bits per heavy atom. The van der Waals surface area contributed by atoms with Crippen molar-refractivity contribution in [2.75, 3.05) is 18.5 Å². The normalized spacial score (nSPS) is 13.9. The lowest BCUT2D eigenvalue weighted by Gasteiger charge is -2.12. The molecule has 0 unspecified atom stereocenters. The Labute approximate surface area is 122 Å². The topological polar surface area (TPSA) is 48.3 Å². The Morgan fingerprint density at radius 3 is 3.00 bits per heavy atom. The van der Waals surface area contributed by atoms with Crippen LogP contribution in [-0.4, -0.2) is 23.0 Å². The van der Waals surface area contributed by atoms with Crippen molar-refractivity contribution in [1.29, 1.82) is 0 Å². The summed E-state index contributed by atoms with van der Waals surface area (Å²) < 4.78 is 13.0. The Bertz CT molecular complexity index is 612. The molecule has 0 spiro atoms. The maximum Gasteiger partial charge on any atom is 0.179 e. The zero-order valence-electron chi connectivity index (χ0n) is 11.2. The van der Waals surface area contributed by atoms with Gasteiger partial charge >= 0.3 is 0 Å². The molecule has 3 rings (SSSR count). The third kappa shape index (κ3) is 2.82. The van der Waals surface area contributed by atoms with Gasteiger partial charge in [-0.15, -0.1) is 0 Å². The standard InChI is InChI=1S/C14H16ClN3O2/c1-18-4-3-13(17-18)16-9-10-7-11(15)14-12(8-10)19-5-2-6-20-14/h3-4,7-8H,2,5-6,9H2,1H3,(H,16,17). The van der Waals surface area contributed by atoms with Crippen LogP contribution in [0.2, 0.25) is 5.02 Å². The Morgan fingerprint density at radius 2 is 2.20 bits per heavy atom. The first-order valence-electron chi connectivity index (χ1n) is 6.54. The van der Waals surface area contributed by atoms with E-state index in [1.807, 2.05) is 31.4 Å². The first-order chi connectivity index (χ1) is 9.72. The van der Waals surface area contributed by atoms with E-state index in [1.165, 1.54) is 0 Å². The molecular formula is C14H16ClN3O2. The maximum atomic E-state index is 6.25. The highest BCUT2D eigenvalue weighted by Crippen LogP contribution is 2.38. The number of nitrogens with one attached hydrogen (secondary N) is 1. The van der Waals surface area contributed by atoms with Crippen LogP contribution in [0.5, 0.6) is 11.5 Å². The minimum absolute atomic E-state index is 0.585. The fourth-order valence-corrected chi connectivity index (χ4v) is 2.38. The van der Waals surface area contributed by atoms with Crippen LogP contribution < -0.4 is 14.8 Å². The summed E-state index contributed by atoms with van der Waals surface area (Å²) in [5.74, 6) is 2.19. The van der Waals surface area contributed by atoms with Crippen LogP contribution in [-0.2, 0) is 13.6 Å². The average Bonchev–Trinajstić information content (AvgIpc) is 2.70. The van der Waals surface area contributed by atoms with Crippen LogP contribution >= 0.6 is 11.6 Å². The number of ether oxygens (including phenoxy) is 2. The van der Waals surface area contributed by atoms with Crippen LogP contribution in [0.15, 0.2) is 24.4 Å². The number of anilines is 1. The number of fused-ring (bicyclic) bond motifs is 1. The van der Waals surface area contributed by atoms with E-state index >= 15 is 0 Å². The highest BCUT2D eigenvalue weighted by atomic mass is 35.5. The molecule has 106 valence electrons. The van der Waals surface area contributed by atoms with Gasteiger partial charge in [0.05, 0.1) is 18.2 Å². The van der Waals surface area contributed by atoms with E-state index in [1.54, 1.807) is 4.68 Å². The van der Waals surface area contributed by atoms with Gasteiger partial charge in [0.1, 0.15) is 5.82 Å². The summed E-state index contributed by atoms with van der Waals surface area (Å²) in [4.78, 5) is 0. The number of benzene rings is 1. The fraction of sp³-hybridized carbons (Fsp3) is 0.357. The number of aromatic nitrogens is 2. The van der Waals surface area contributed by atoms with Crippen molar-refractivity contribution in [3.8, 4) is 11.5 Å². The Hall–Kier alpha value is -1.88. The molecular weight excluding hydrogens is 278 g/mol. The first kappa shape index (κ1) is 13.1. The summed E-state index contributed by atoms with van der Waals surface area (Å²) in [6.07, 6.45) is 2.76. The molecule has 0 radical (unpaired) electrons. The molecule has 0 aliphatic carbocycles. The van der Waals surface area contributed by atoms with E-state index in [-0.39, 0.29) is 0 Å². The minimum atomic E-state index is 0.585. The lowest BCUT2D eigenvalue weighted by Crippen LogP contribution is -2.02. The van der Waals surface area contributed by atoms with Crippen LogP contribution in [0.3, 0.4) is 0 Å². The molecule has 20 heavy (non-hydrogen) atoms. The quantitative estimate of drug-likeness (QED) is 0.945. The Balaban J connectivity index is 1.77. The maximum absolute atomic E-state index is 6.25. The predicted octanol–water partition coefficient (Wildman–Crippen LogP) is 2.85. The molecule has 0 amide bonds. The largest absolute Gasteiger partial charge is 0.489 e. The van der Waals surface area contributed by atoms with Crippen molar-refractivity contribution in [3.05, 3.63) is 35.0 Å². The molecule has 0 saturated carbocycles. The fourth-order valence-electron chi connectivity index (χ4n) is 2.09. The summed E-state index contributed by atoms with van der Waals surface area (Å²) in [7, 11) is 1.88. The molecule has 1 aliphatic heterocycles. The predicted molar refractivity (Wildman–Crippen MR) is 77.6 cm³/mol. The van der Waals surface area contributed by atoms with Crippen molar-refractivity contribution in [2.24, 2.45) is 7.05 Å². The van der Waals surface area contributed by atoms with Gasteiger partial charge in [-0.3, -0.25) is 4.68 Å². The van der Waals surface area contributed by atoms with E-state index in [9.17, 15) is 0 Å². The van der Waals surface area contributed by atoms with Gasteiger partial charge in [-0.1, -0.05) is 11.6 Å². The Kier molecular flexibility index (Phi) is 3.69. The summed E-state index contributed by atoms with van der Waals surface area (Å²) in [6, 6.07) is 5.78. The summed E-state index contributed by atoms with van der Waals surface area (Å²) in [5.41, 5.74) is 1.03. The lowest BCUT2D eigenvalue weighted by molar-refractivity contribution is 0.297. The van der Waals surface area contributed by atoms with Gasteiger partial charge in [-0.05, 0) is 17.7 Å². The van der Waals surface area contributed by atoms with Crippen molar-refractivity contribution < 1.29 is 9.47 Å². The number of rotatable bonds is 3. The van der Waals surface area contributed by atoms with E-state index in [2.05, 4.69) is 10.4 Å². The molecule has 0 bridgehead atoms. The molecule has 1 aliphatic rings. The molecule has 6 heteroatoms. The molecule has 1 N–H and O–H groups in total. The van der Waals surface area contributed by atoms with Crippen molar-refractivity contribution >= 4 is 17.4 Å². The number of aryl methyl sites for hydroxylation is 1. The molecule has 5 nitrogen and oxygen atoms in total. The van der Waals surface area contributed by atoms with E-state index in [0.717, 1.165) is 17.8 Å². The highest BCUT2D eigenvalue weighted by Gasteiger charge is 2.15. The van der Waals surface area contributed by atoms with Gasteiger partial charge < -0.3 is 14.8 Å². The smallest absolute Gasteiger partial charge is 0.179 e. The van der Waals surface area contributed by atoms with Gasteiger partial charge in [-0.2, -0.15) is 5.10 Å². The molecule has 0 fully saturated rings. The zero-order valence-corrected chi connectivity index (χ0v) is 12.0. The molecule has 1 aromatic heterocycles. The average molecular weight is 294 g/mol. The zero-order chi connectivity index (χ0) is 13.9. The van der Waals surface area contributed by atoms with E-state index < -0.39 is 0 Å². The van der Waals surface area contributed by atoms with Crippen molar-refractivity contribution in [1.82, 2.24) is 9.78 Å². The van der Waals surface area contributed by atoms with Crippen LogP contribution in [0.1, 0.15) is 12.0 Å². The van der Waals surface area contributed by atoms with Crippen LogP contribution in [0.4, 0.5) is 5.82 Å². The molecule has 2 aromatic rings. The molecule has 2 heterocycles. The minimum Gasteiger partial charge on any atom is -0.489 e. The third-order valence-electron chi connectivity index (χ3n) is 3.05. The second kappa shape index (κ2) is 5.63. The highest BCUT2D eigenvalue weighted by molar-refractivity contribution is 6.32. The number of halogens is 1. The summed E-state index contributed by atoms with van der Waals surface area (Å²) in [5, 5.41) is 8.10. The van der Waals surface area contributed by atoms with Gasteiger partial charge in [0, 0.05) is 32.3 Å². The van der Waals surface area contributed by atoms with Crippen LogP contribution in [0, 0.1) is 0 Å². The van der Waals surface area contributed by atoms with E-state index in [0.29, 0.717) is 36.3 Å². The second-order valence-corrected chi connectivity index (χ2v) is 5.09. The monoisotopic (exact) mass is 293 g/mol. The molecule has 0 saturated heterocycles. The van der Waals surface area contributed by atoms with E-state index in [4.69, 9.17) is 21.1 Å². The number of hydrogen-bond acceptors (Lipinski definition) is 4. The number of nitrogens with zero attached hydrogens (tertiary/aromatic N) is 2. The molecule has 1 aromatic carbocycles. The first-order valence-corrected chi connectivity index (χ1v) is 6.92. The summed E-state index contributed by atoms with van der Waals surface area (Å²) >= 11 is 6.25.